The van der Waals surface area contributed by atoms with E-state index < -0.39 is 0 Å². The molecule has 0 aliphatic carbocycles. The summed E-state index contributed by atoms with van der Waals surface area (Å²) in [5, 5.41) is 16.9. The average Bonchev–Trinajstić information content (AvgIpc) is 2.63. The van der Waals surface area contributed by atoms with E-state index in [1.54, 1.807) is 0 Å². The number of hydrogen-bond donors (Lipinski definition) is 2. The van der Waals surface area contributed by atoms with Crippen LogP contribution in [0.15, 0.2) is 30.3 Å². The number of nitrogens with one attached hydrogen (secondary N) is 1. The summed E-state index contributed by atoms with van der Waals surface area (Å²) in [6, 6.07) is 7.94. The highest BCUT2D eigenvalue weighted by atomic mass is 16.2. The van der Waals surface area contributed by atoms with E-state index in [2.05, 4.69) is 10.2 Å². The second kappa shape index (κ2) is 4.07. The number of aliphatic hydroxyl groups is 1. The van der Waals surface area contributed by atoms with Crippen LogP contribution in [-0.2, 0) is 0 Å². The molecule has 1 aromatic heterocycles. The van der Waals surface area contributed by atoms with Gasteiger partial charge in [-0.1, -0.05) is 24.3 Å². The Labute approximate surface area is 82.1 Å². The molecule has 0 radical (unpaired) electrons. The summed E-state index contributed by atoms with van der Waals surface area (Å²) in [4.78, 5) is 0. The molecule has 1 aromatic carbocycles. The van der Waals surface area contributed by atoms with Crippen LogP contribution in [0.2, 0.25) is 0 Å². The smallest absolute Gasteiger partial charge is 0.0927 e. The third-order valence-electron chi connectivity index (χ3n) is 2.07. The van der Waals surface area contributed by atoms with E-state index >= 15 is 0 Å². The summed E-state index contributed by atoms with van der Waals surface area (Å²) in [6.07, 6.45) is 4.55. The van der Waals surface area contributed by atoms with Crippen LogP contribution in [0.25, 0.3) is 17.0 Å². The van der Waals surface area contributed by atoms with Gasteiger partial charge in [-0.05, 0) is 18.6 Å². The fourth-order valence-electron chi connectivity index (χ4n) is 1.38. The molecule has 3 nitrogen and oxygen atoms in total. The van der Waals surface area contributed by atoms with Gasteiger partial charge in [0.25, 0.3) is 0 Å². The fraction of sp³-hybridized carbons (Fsp3) is 0.182. The standard InChI is InChI=1S/C11H12N2O/c14-8-4-3-7-11-9-5-1-2-6-10(9)12-13-11/h1-3,5-7,14H,4,8H2,(H,12,13). The molecule has 72 valence electrons. The van der Waals surface area contributed by atoms with Gasteiger partial charge in [-0.15, -0.1) is 0 Å². The predicted octanol–water partition coefficient (Wildman–Crippen LogP) is 1.96. The van der Waals surface area contributed by atoms with Crippen LogP contribution in [0.3, 0.4) is 0 Å². The first kappa shape index (κ1) is 8.97. The van der Waals surface area contributed by atoms with Crippen molar-refractivity contribution in [1.82, 2.24) is 10.2 Å². The van der Waals surface area contributed by atoms with E-state index in [9.17, 15) is 0 Å². The molecule has 2 N–H and O–H groups in total. The van der Waals surface area contributed by atoms with Gasteiger partial charge in [-0.25, -0.2) is 0 Å². The van der Waals surface area contributed by atoms with E-state index in [0.717, 1.165) is 16.6 Å². The monoisotopic (exact) mass is 188 g/mol. The molecule has 2 rings (SSSR count). The molecule has 3 heteroatoms. The van der Waals surface area contributed by atoms with Gasteiger partial charge in [0.05, 0.1) is 11.2 Å². The minimum absolute atomic E-state index is 0.183. The zero-order chi connectivity index (χ0) is 9.80. The molecule has 14 heavy (non-hydrogen) atoms. The third-order valence-corrected chi connectivity index (χ3v) is 2.07. The molecule has 0 amide bonds. The molecule has 2 aromatic rings. The van der Waals surface area contributed by atoms with Crippen molar-refractivity contribution in [3.8, 4) is 0 Å². The highest BCUT2D eigenvalue weighted by molar-refractivity contribution is 5.86. The highest BCUT2D eigenvalue weighted by Gasteiger charge is 1.99. The Bertz CT molecular complexity index is 445. The number of aromatic amines is 1. The van der Waals surface area contributed by atoms with Gasteiger partial charge < -0.3 is 5.11 Å². The molecular formula is C11H12N2O. The van der Waals surface area contributed by atoms with Crippen LogP contribution in [0.4, 0.5) is 0 Å². The molecule has 0 aliphatic heterocycles. The van der Waals surface area contributed by atoms with Crippen molar-refractivity contribution < 1.29 is 5.11 Å². The molecule has 0 unspecified atom stereocenters. The molecule has 0 aliphatic rings. The molecular weight excluding hydrogens is 176 g/mol. The number of benzene rings is 1. The fourth-order valence-corrected chi connectivity index (χ4v) is 1.38. The van der Waals surface area contributed by atoms with Crippen molar-refractivity contribution in [3.05, 3.63) is 36.0 Å². The van der Waals surface area contributed by atoms with Gasteiger partial charge in [-0.3, -0.25) is 5.10 Å². The predicted molar refractivity (Wildman–Crippen MR) is 56.8 cm³/mol. The summed E-state index contributed by atoms with van der Waals surface area (Å²) in [7, 11) is 0. The zero-order valence-electron chi connectivity index (χ0n) is 7.77. The van der Waals surface area contributed by atoms with E-state index in [0.29, 0.717) is 6.42 Å². The number of rotatable bonds is 3. The number of nitrogens with zero attached hydrogens (tertiary/aromatic N) is 1. The maximum Gasteiger partial charge on any atom is 0.0927 e. The SMILES string of the molecule is OCCC=Cc1[nH]nc2ccccc12. The second-order valence-electron chi connectivity index (χ2n) is 3.07. The first-order chi connectivity index (χ1) is 6.92. The maximum absolute atomic E-state index is 8.63. The summed E-state index contributed by atoms with van der Waals surface area (Å²) < 4.78 is 0. The number of para-hydroxylation sites is 1. The van der Waals surface area contributed by atoms with Gasteiger partial charge in [0.1, 0.15) is 0 Å². The topological polar surface area (TPSA) is 48.9 Å². The van der Waals surface area contributed by atoms with Crippen molar-refractivity contribution in [2.24, 2.45) is 0 Å². The van der Waals surface area contributed by atoms with Crippen molar-refractivity contribution in [2.75, 3.05) is 6.61 Å². The van der Waals surface area contributed by atoms with E-state index in [1.165, 1.54) is 0 Å². The molecule has 0 atom stereocenters. The minimum atomic E-state index is 0.183. The maximum atomic E-state index is 8.63. The first-order valence-corrected chi connectivity index (χ1v) is 4.62. The Morgan fingerprint density at radius 1 is 1.36 bits per heavy atom. The minimum Gasteiger partial charge on any atom is -0.396 e. The van der Waals surface area contributed by atoms with Gasteiger partial charge in [0, 0.05) is 12.0 Å². The second-order valence-corrected chi connectivity index (χ2v) is 3.07. The first-order valence-electron chi connectivity index (χ1n) is 4.62. The lowest BCUT2D eigenvalue weighted by Crippen LogP contribution is -1.77. The van der Waals surface area contributed by atoms with Crippen LogP contribution in [0, 0.1) is 0 Å². The average molecular weight is 188 g/mol. The van der Waals surface area contributed by atoms with Crippen LogP contribution < -0.4 is 0 Å². The summed E-state index contributed by atoms with van der Waals surface area (Å²) >= 11 is 0. The number of fused-ring (bicyclic) bond motifs is 1. The highest BCUT2D eigenvalue weighted by Crippen LogP contribution is 2.16. The molecule has 0 saturated carbocycles. The summed E-state index contributed by atoms with van der Waals surface area (Å²) in [6.45, 7) is 0.183. The van der Waals surface area contributed by atoms with Crippen molar-refractivity contribution in [2.45, 2.75) is 6.42 Å². The van der Waals surface area contributed by atoms with Crippen molar-refractivity contribution >= 4 is 17.0 Å². The molecule has 0 fully saturated rings. The lowest BCUT2D eigenvalue weighted by atomic mass is 10.2. The zero-order valence-corrected chi connectivity index (χ0v) is 7.77. The van der Waals surface area contributed by atoms with Crippen molar-refractivity contribution in [3.63, 3.8) is 0 Å². The van der Waals surface area contributed by atoms with Crippen LogP contribution in [0.1, 0.15) is 12.1 Å². The van der Waals surface area contributed by atoms with E-state index in [-0.39, 0.29) is 6.61 Å². The summed E-state index contributed by atoms with van der Waals surface area (Å²) in [5.41, 5.74) is 1.96. The normalized spacial score (nSPS) is 11.5. The number of H-pyrrole nitrogens is 1. The Morgan fingerprint density at radius 3 is 3.07 bits per heavy atom. The number of aliphatic hydroxyl groups excluding tert-OH is 1. The van der Waals surface area contributed by atoms with Gasteiger partial charge >= 0.3 is 0 Å². The summed E-state index contributed by atoms with van der Waals surface area (Å²) in [5.74, 6) is 0. The van der Waals surface area contributed by atoms with E-state index in [4.69, 9.17) is 5.11 Å². The molecule has 0 saturated heterocycles. The largest absolute Gasteiger partial charge is 0.396 e. The lowest BCUT2D eigenvalue weighted by molar-refractivity contribution is 0.303. The number of aromatic nitrogens is 2. The molecule has 0 bridgehead atoms. The van der Waals surface area contributed by atoms with Gasteiger partial charge in [0.2, 0.25) is 0 Å². The van der Waals surface area contributed by atoms with Gasteiger partial charge in [-0.2, -0.15) is 5.10 Å². The molecule has 1 heterocycles. The van der Waals surface area contributed by atoms with Crippen LogP contribution >= 0.6 is 0 Å². The quantitative estimate of drug-likeness (QED) is 0.773. The Kier molecular flexibility index (Phi) is 2.60. The number of hydrogen-bond acceptors (Lipinski definition) is 2. The lowest BCUT2D eigenvalue weighted by Gasteiger charge is -1.88. The van der Waals surface area contributed by atoms with Crippen LogP contribution in [-0.4, -0.2) is 21.9 Å². The Morgan fingerprint density at radius 2 is 2.21 bits per heavy atom. The molecule has 0 spiro atoms. The van der Waals surface area contributed by atoms with Crippen molar-refractivity contribution in [1.29, 1.82) is 0 Å². The Balaban J connectivity index is 2.34. The van der Waals surface area contributed by atoms with E-state index in [1.807, 2.05) is 36.4 Å². The van der Waals surface area contributed by atoms with Crippen LogP contribution in [0.5, 0.6) is 0 Å². The van der Waals surface area contributed by atoms with Gasteiger partial charge in [0.15, 0.2) is 0 Å². The third kappa shape index (κ3) is 1.67. The Hall–Kier alpha value is -1.61.